The lowest BCUT2D eigenvalue weighted by molar-refractivity contribution is -0.126. The third-order valence-electron chi connectivity index (χ3n) is 4.04. The zero-order valence-electron chi connectivity index (χ0n) is 13.1. The molecule has 1 aromatic carbocycles. The molecule has 2 unspecified atom stereocenters. The molecule has 0 aromatic heterocycles. The summed E-state index contributed by atoms with van der Waals surface area (Å²) in [6.45, 7) is 2.32. The molecule has 128 valence electrons. The Bertz CT molecular complexity index is 694. The Kier molecular flexibility index (Phi) is 5.94. The number of hydrogen-bond acceptors (Lipinski definition) is 4. The highest BCUT2D eigenvalue weighted by molar-refractivity contribution is 7.91. The van der Waals surface area contributed by atoms with Crippen LogP contribution in [0.15, 0.2) is 18.2 Å². The van der Waals surface area contributed by atoms with E-state index < -0.39 is 9.84 Å². The maximum absolute atomic E-state index is 12.3. The van der Waals surface area contributed by atoms with Crippen LogP contribution in [0.2, 0.25) is 10.0 Å². The maximum Gasteiger partial charge on any atom is 0.237 e. The van der Waals surface area contributed by atoms with Gasteiger partial charge in [0, 0.05) is 12.6 Å². The van der Waals surface area contributed by atoms with Crippen molar-refractivity contribution in [2.45, 2.75) is 32.0 Å². The van der Waals surface area contributed by atoms with Crippen LogP contribution in [0.3, 0.4) is 0 Å². The van der Waals surface area contributed by atoms with Crippen LogP contribution in [0.5, 0.6) is 0 Å². The molecule has 0 spiro atoms. The summed E-state index contributed by atoms with van der Waals surface area (Å²) in [7, 11) is -1.17. The molecule has 1 fully saturated rings. The number of nitrogens with zero attached hydrogens (tertiary/aromatic N) is 1. The molecule has 0 saturated carbocycles. The van der Waals surface area contributed by atoms with Crippen LogP contribution >= 0.6 is 23.2 Å². The first-order valence-electron chi connectivity index (χ1n) is 7.33. The van der Waals surface area contributed by atoms with Gasteiger partial charge in [0.05, 0.1) is 27.6 Å². The number of nitrogens with one attached hydrogen (secondary N) is 1. The number of carbonyl (C=O) groups is 1. The van der Waals surface area contributed by atoms with Crippen molar-refractivity contribution in [3.8, 4) is 0 Å². The van der Waals surface area contributed by atoms with Crippen molar-refractivity contribution in [2.75, 3.05) is 18.6 Å². The van der Waals surface area contributed by atoms with Crippen LogP contribution in [0.25, 0.3) is 0 Å². The van der Waals surface area contributed by atoms with Crippen molar-refractivity contribution in [2.24, 2.45) is 0 Å². The minimum atomic E-state index is -3.00. The standard InChI is InChI=1S/C15H20Cl2N2O3S/c1-10(15(20)18-12-5-6-23(21,22)9-12)19(2)8-11-3-4-13(16)14(17)7-11/h3-4,7,10,12H,5-6,8-9H2,1-2H3,(H,18,20). The SMILES string of the molecule is CC(C(=O)NC1CCS(=O)(=O)C1)N(C)Cc1ccc(Cl)c(Cl)c1. The predicted molar refractivity (Wildman–Crippen MR) is 92.6 cm³/mol. The summed E-state index contributed by atoms with van der Waals surface area (Å²) in [6, 6.07) is 4.69. The van der Waals surface area contributed by atoms with E-state index in [2.05, 4.69) is 5.32 Å². The molecular weight excluding hydrogens is 359 g/mol. The molecule has 0 bridgehead atoms. The molecule has 0 aliphatic carbocycles. The molecular formula is C15H20Cl2N2O3S. The van der Waals surface area contributed by atoms with Gasteiger partial charge in [0.25, 0.3) is 0 Å². The summed E-state index contributed by atoms with van der Waals surface area (Å²) in [4.78, 5) is 14.1. The normalized spacial score (nSPS) is 21.3. The summed E-state index contributed by atoms with van der Waals surface area (Å²) in [6.07, 6.45) is 0.483. The third kappa shape index (κ3) is 5.08. The van der Waals surface area contributed by atoms with Crippen molar-refractivity contribution < 1.29 is 13.2 Å². The number of hydrogen-bond donors (Lipinski definition) is 1. The van der Waals surface area contributed by atoms with Gasteiger partial charge in [0.1, 0.15) is 0 Å². The van der Waals surface area contributed by atoms with E-state index in [1.807, 2.05) is 18.0 Å². The molecule has 1 N–H and O–H groups in total. The Balaban J connectivity index is 1.92. The first kappa shape index (κ1) is 18.5. The Labute approximate surface area is 146 Å². The summed E-state index contributed by atoms with van der Waals surface area (Å²) in [5, 5.41) is 3.78. The van der Waals surface area contributed by atoms with Crippen molar-refractivity contribution in [1.29, 1.82) is 0 Å². The number of benzene rings is 1. The van der Waals surface area contributed by atoms with Crippen LogP contribution in [0.1, 0.15) is 18.9 Å². The van der Waals surface area contributed by atoms with Crippen LogP contribution < -0.4 is 5.32 Å². The van der Waals surface area contributed by atoms with Gasteiger partial charge in [-0.05, 0) is 38.1 Å². The zero-order valence-corrected chi connectivity index (χ0v) is 15.4. The Hall–Kier alpha value is -0.820. The van der Waals surface area contributed by atoms with Crippen LogP contribution in [0.4, 0.5) is 0 Å². The number of likely N-dealkylation sites (N-methyl/N-ethyl adjacent to an activating group) is 1. The van der Waals surface area contributed by atoms with E-state index in [1.54, 1.807) is 19.1 Å². The van der Waals surface area contributed by atoms with E-state index in [0.29, 0.717) is 23.0 Å². The molecule has 2 atom stereocenters. The highest BCUT2D eigenvalue weighted by Crippen LogP contribution is 2.23. The van der Waals surface area contributed by atoms with Gasteiger partial charge in [-0.15, -0.1) is 0 Å². The minimum absolute atomic E-state index is 0.0297. The minimum Gasteiger partial charge on any atom is -0.351 e. The molecule has 1 amide bonds. The van der Waals surface area contributed by atoms with Gasteiger partial charge in [0.2, 0.25) is 5.91 Å². The lowest BCUT2D eigenvalue weighted by Gasteiger charge is -2.25. The largest absolute Gasteiger partial charge is 0.351 e. The highest BCUT2D eigenvalue weighted by Gasteiger charge is 2.30. The molecule has 23 heavy (non-hydrogen) atoms. The van der Waals surface area contributed by atoms with Crippen molar-refractivity contribution in [1.82, 2.24) is 10.2 Å². The quantitative estimate of drug-likeness (QED) is 0.851. The number of amides is 1. The van der Waals surface area contributed by atoms with Crippen LogP contribution in [-0.2, 0) is 21.2 Å². The van der Waals surface area contributed by atoms with Gasteiger partial charge in [-0.2, -0.15) is 0 Å². The van der Waals surface area contributed by atoms with Crippen molar-refractivity contribution in [3.05, 3.63) is 33.8 Å². The first-order chi connectivity index (χ1) is 10.7. The van der Waals surface area contributed by atoms with E-state index in [1.165, 1.54) is 0 Å². The molecule has 1 aliphatic heterocycles. The Morgan fingerprint density at radius 3 is 2.65 bits per heavy atom. The molecule has 0 radical (unpaired) electrons. The molecule has 1 saturated heterocycles. The lowest BCUT2D eigenvalue weighted by Crippen LogP contribution is -2.47. The number of rotatable bonds is 5. The van der Waals surface area contributed by atoms with E-state index in [4.69, 9.17) is 23.2 Å². The average molecular weight is 379 g/mol. The van der Waals surface area contributed by atoms with Gasteiger partial charge < -0.3 is 5.32 Å². The van der Waals surface area contributed by atoms with Gasteiger partial charge in [-0.25, -0.2) is 8.42 Å². The molecule has 2 rings (SSSR count). The van der Waals surface area contributed by atoms with Gasteiger partial charge in [-0.3, -0.25) is 9.69 Å². The van der Waals surface area contributed by atoms with Gasteiger partial charge >= 0.3 is 0 Å². The monoisotopic (exact) mass is 378 g/mol. The fourth-order valence-electron chi connectivity index (χ4n) is 2.49. The Morgan fingerprint density at radius 1 is 1.39 bits per heavy atom. The first-order valence-corrected chi connectivity index (χ1v) is 9.90. The number of halogens is 2. The summed E-state index contributed by atoms with van der Waals surface area (Å²) < 4.78 is 22.9. The number of sulfone groups is 1. The van der Waals surface area contributed by atoms with Gasteiger partial charge in [-0.1, -0.05) is 29.3 Å². The second kappa shape index (κ2) is 7.38. The van der Waals surface area contributed by atoms with Gasteiger partial charge in [0.15, 0.2) is 9.84 Å². The fraction of sp³-hybridized carbons (Fsp3) is 0.533. The van der Waals surface area contributed by atoms with Crippen molar-refractivity contribution in [3.63, 3.8) is 0 Å². The molecule has 1 heterocycles. The van der Waals surface area contributed by atoms with Crippen LogP contribution in [0, 0.1) is 0 Å². The summed E-state index contributed by atoms with van der Waals surface area (Å²) in [5.74, 6) is 0.00240. The second-order valence-electron chi connectivity index (χ2n) is 5.95. The van der Waals surface area contributed by atoms with E-state index in [9.17, 15) is 13.2 Å². The predicted octanol–water partition coefficient (Wildman–Crippen LogP) is 2.12. The third-order valence-corrected chi connectivity index (χ3v) is 6.54. The van der Waals surface area contributed by atoms with E-state index >= 15 is 0 Å². The topological polar surface area (TPSA) is 66.5 Å². The lowest BCUT2D eigenvalue weighted by atomic mass is 10.1. The molecule has 1 aromatic rings. The maximum atomic E-state index is 12.3. The summed E-state index contributed by atoms with van der Waals surface area (Å²) in [5.41, 5.74) is 0.949. The smallest absolute Gasteiger partial charge is 0.237 e. The number of carbonyl (C=O) groups excluding carboxylic acids is 1. The average Bonchev–Trinajstić information content (AvgIpc) is 2.81. The highest BCUT2D eigenvalue weighted by atomic mass is 35.5. The molecule has 5 nitrogen and oxygen atoms in total. The van der Waals surface area contributed by atoms with Crippen molar-refractivity contribution >= 4 is 38.9 Å². The van der Waals surface area contributed by atoms with Crippen LogP contribution in [-0.4, -0.2) is 49.9 Å². The second-order valence-corrected chi connectivity index (χ2v) is 8.99. The molecule has 8 heteroatoms. The zero-order chi connectivity index (χ0) is 17.2. The van der Waals surface area contributed by atoms with E-state index in [0.717, 1.165) is 5.56 Å². The molecule has 1 aliphatic rings. The van der Waals surface area contributed by atoms with E-state index in [-0.39, 0.29) is 29.5 Å². The Morgan fingerprint density at radius 2 is 2.09 bits per heavy atom. The summed E-state index contributed by atoms with van der Waals surface area (Å²) >= 11 is 11.9. The fourth-order valence-corrected chi connectivity index (χ4v) is 4.49.